The molecule has 4 N–H and O–H groups in total. The van der Waals surface area contributed by atoms with E-state index in [0.717, 1.165) is 0 Å². The summed E-state index contributed by atoms with van der Waals surface area (Å²) in [6.07, 6.45) is -0.294. The summed E-state index contributed by atoms with van der Waals surface area (Å²) in [6, 6.07) is 6.76. The van der Waals surface area contributed by atoms with Gasteiger partial charge in [-0.1, -0.05) is 30.3 Å². The van der Waals surface area contributed by atoms with E-state index in [9.17, 15) is 19.2 Å². The fourth-order valence-corrected chi connectivity index (χ4v) is 5.54. The Morgan fingerprint density at radius 2 is 2.00 bits per heavy atom. The molecular formula is C19H21N5O4S. The Morgan fingerprint density at radius 1 is 1.31 bits per heavy atom. The van der Waals surface area contributed by atoms with Crippen LogP contribution in [0.15, 0.2) is 35.3 Å². The molecule has 10 heteroatoms. The second-order valence-corrected chi connectivity index (χ2v) is 9.52. The zero-order valence-electron chi connectivity index (χ0n) is 15.9. The number of hydrogen-bond acceptors (Lipinski definition) is 6. The topological polar surface area (TPSA) is 134 Å². The monoisotopic (exact) mass is 415 g/mol. The molecule has 1 aromatic carbocycles. The summed E-state index contributed by atoms with van der Waals surface area (Å²) in [5, 5.41) is 5.04. The molecule has 0 aromatic heterocycles. The van der Waals surface area contributed by atoms with Crippen LogP contribution in [0.1, 0.15) is 31.9 Å². The maximum absolute atomic E-state index is 12.8. The Hall–Kier alpha value is -2.72. The van der Waals surface area contributed by atoms with Crippen LogP contribution in [0, 0.1) is 0 Å². The van der Waals surface area contributed by atoms with Crippen LogP contribution in [-0.2, 0) is 19.2 Å². The molecule has 3 heterocycles. The van der Waals surface area contributed by atoms with Crippen molar-refractivity contribution in [3.05, 3.63) is 35.9 Å². The molecule has 0 bridgehead atoms. The number of nitrogens with two attached hydrogens (primary N) is 1. The number of carbonyl (C=O) groups is 4. The highest BCUT2D eigenvalue weighted by Crippen LogP contribution is 2.51. The molecule has 0 aliphatic carbocycles. The average molecular weight is 415 g/mol. The number of carbonyl (C=O) groups excluding carboxylic acids is 4. The molecule has 0 saturated carbocycles. The van der Waals surface area contributed by atoms with E-state index < -0.39 is 40.6 Å². The lowest BCUT2D eigenvalue weighted by atomic mass is 9.94. The van der Waals surface area contributed by atoms with Crippen molar-refractivity contribution in [1.82, 2.24) is 15.5 Å². The van der Waals surface area contributed by atoms with Crippen LogP contribution in [0.3, 0.4) is 0 Å². The molecule has 3 aliphatic rings. The van der Waals surface area contributed by atoms with Crippen LogP contribution >= 0.6 is 11.8 Å². The van der Waals surface area contributed by atoms with Crippen molar-refractivity contribution in [3.8, 4) is 0 Å². The molecule has 4 rings (SSSR count). The van der Waals surface area contributed by atoms with Gasteiger partial charge in [-0.25, -0.2) is 0 Å². The van der Waals surface area contributed by atoms with Gasteiger partial charge in [0.05, 0.1) is 0 Å². The van der Waals surface area contributed by atoms with E-state index in [1.54, 1.807) is 29.2 Å². The highest BCUT2D eigenvalue weighted by atomic mass is 32.2. The second kappa shape index (κ2) is 6.96. The van der Waals surface area contributed by atoms with Gasteiger partial charge >= 0.3 is 0 Å². The van der Waals surface area contributed by atoms with Crippen molar-refractivity contribution in [1.29, 1.82) is 0 Å². The fourth-order valence-electron chi connectivity index (χ4n) is 3.90. The minimum atomic E-state index is -0.882. The minimum Gasteiger partial charge on any atom is -0.340 e. The summed E-state index contributed by atoms with van der Waals surface area (Å²) in [4.78, 5) is 54.4. The third-order valence-corrected chi connectivity index (χ3v) is 6.83. The first-order chi connectivity index (χ1) is 13.7. The van der Waals surface area contributed by atoms with Gasteiger partial charge in [0.15, 0.2) is 0 Å². The molecule has 2 unspecified atom stereocenters. The van der Waals surface area contributed by atoms with Gasteiger partial charge in [0.2, 0.25) is 17.7 Å². The molecule has 3 aliphatic heterocycles. The maximum atomic E-state index is 12.8. The van der Waals surface area contributed by atoms with E-state index in [-0.39, 0.29) is 23.5 Å². The van der Waals surface area contributed by atoms with Gasteiger partial charge in [-0.15, -0.1) is 11.8 Å². The van der Waals surface area contributed by atoms with Crippen molar-refractivity contribution in [2.75, 3.05) is 0 Å². The summed E-state index contributed by atoms with van der Waals surface area (Å²) in [5.74, 6) is -1.50. The quantitative estimate of drug-likeness (QED) is 0.456. The molecular weight excluding hydrogens is 394 g/mol. The first-order valence-corrected chi connectivity index (χ1v) is 10.1. The lowest BCUT2D eigenvalue weighted by molar-refractivity contribution is -0.149. The van der Waals surface area contributed by atoms with E-state index >= 15 is 0 Å². The number of benzene rings is 1. The Morgan fingerprint density at radius 3 is 2.66 bits per heavy atom. The van der Waals surface area contributed by atoms with Gasteiger partial charge < -0.3 is 21.3 Å². The molecule has 4 atom stereocenters. The van der Waals surface area contributed by atoms with Gasteiger partial charge in [-0.3, -0.25) is 19.2 Å². The number of hydrogen-bond donors (Lipinski definition) is 3. The SMILES string of the molecule is CC1(C)S[C@@H]2C(NC(=O)[C@H](N)c3ccccc3)C(=O)N2C1C1=NC(=O)CC(=O)N1. The number of rotatable bonds is 4. The van der Waals surface area contributed by atoms with Crippen molar-refractivity contribution in [3.63, 3.8) is 0 Å². The predicted octanol–water partition coefficient (Wildman–Crippen LogP) is -0.321. The maximum Gasteiger partial charge on any atom is 0.256 e. The highest BCUT2D eigenvalue weighted by molar-refractivity contribution is 8.01. The number of nitrogens with one attached hydrogen (secondary N) is 2. The second-order valence-electron chi connectivity index (χ2n) is 7.75. The average Bonchev–Trinajstić information content (AvgIpc) is 2.93. The van der Waals surface area contributed by atoms with Gasteiger partial charge in [0.25, 0.3) is 5.91 Å². The molecule has 2 fully saturated rings. The van der Waals surface area contributed by atoms with E-state index in [4.69, 9.17) is 5.73 Å². The number of amidine groups is 1. The molecule has 4 amide bonds. The molecule has 152 valence electrons. The number of β-lactam (4-membered cyclic amide) rings is 1. The van der Waals surface area contributed by atoms with Crippen LogP contribution in [-0.4, -0.2) is 56.6 Å². The van der Waals surface area contributed by atoms with Crippen LogP contribution in [0.5, 0.6) is 0 Å². The Labute approximate surface area is 171 Å². The molecule has 9 nitrogen and oxygen atoms in total. The smallest absolute Gasteiger partial charge is 0.256 e. The third kappa shape index (κ3) is 3.32. The predicted molar refractivity (Wildman–Crippen MR) is 107 cm³/mol. The standard InChI is InChI=1S/C19H21N5O4S/c1-19(2)14(15-21-10(25)8-11(26)22-15)24-17(28)13(18(24)29-19)23-16(27)12(20)9-6-4-3-5-7-9/h3-7,12-14,18H,8,20H2,1-2H3,(H,23,27)(H,21,22,25,26)/t12-,13?,14?,18-/m1/s1. The molecule has 1 aromatic rings. The molecule has 29 heavy (non-hydrogen) atoms. The number of nitrogens with zero attached hydrogens (tertiary/aromatic N) is 2. The van der Waals surface area contributed by atoms with Crippen molar-refractivity contribution in [2.45, 2.75) is 48.5 Å². The van der Waals surface area contributed by atoms with E-state index in [0.29, 0.717) is 5.56 Å². The fraction of sp³-hybridized carbons (Fsp3) is 0.421. The largest absolute Gasteiger partial charge is 0.340 e. The van der Waals surface area contributed by atoms with E-state index in [1.807, 2.05) is 19.9 Å². The number of fused-ring (bicyclic) bond motifs is 1. The highest BCUT2D eigenvalue weighted by Gasteiger charge is 2.63. The lowest BCUT2D eigenvalue weighted by Crippen LogP contribution is -2.72. The number of aliphatic imine (C=N–C) groups is 1. The van der Waals surface area contributed by atoms with Crippen molar-refractivity contribution >= 4 is 41.2 Å². The van der Waals surface area contributed by atoms with Crippen LogP contribution in [0.25, 0.3) is 0 Å². The summed E-state index contributed by atoms with van der Waals surface area (Å²) in [5.41, 5.74) is 6.68. The Balaban J connectivity index is 1.51. The summed E-state index contributed by atoms with van der Waals surface area (Å²) < 4.78 is -0.509. The first kappa shape index (κ1) is 19.6. The van der Waals surface area contributed by atoms with E-state index in [1.165, 1.54) is 11.8 Å². The Bertz CT molecular complexity index is 932. The first-order valence-electron chi connectivity index (χ1n) is 9.21. The van der Waals surface area contributed by atoms with Gasteiger partial charge in [-0.2, -0.15) is 4.99 Å². The normalized spacial score (nSPS) is 28.8. The summed E-state index contributed by atoms with van der Waals surface area (Å²) >= 11 is 1.49. The molecule has 0 radical (unpaired) electrons. The van der Waals surface area contributed by atoms with Crippen molar-refractivity contribution in [2.24, 2.45) is 10.7 Å². The third-order valence-electron chi connectivity index (χ3n) is 5.26. The number of amides is 4. The lowest BCUT2D eigenvalue weighted by Gasteiger charge is -2.45. The van der Waals surface area contributed by atoms with Crippen LogP contribution in [0.4, 0.5) is 0 Å². The summed E-state index contributed by atoms with van der Waals surface area (Å²) in [7, 11) is 0. The summed E-state index contributed by atoms with van der Waals surface area (Å²) in [6.45, 7) is 3.83. The van der Waals surface area contributed by atoms with Crippen LogP contribution < -0.4 is 16.4 Å². The van der Waals surface area contributed by atoms with Gasteiger partial charge in [0, 0.05) is 4.75 Å². The van der Waals surface area contributed by atoms with Gasteiger partial charge in [0.1, 0.15) is 35.8 Å². The zero-order valence-corrected chi connectivity index (χ0v) is 16.7. The van der Waals surface area contributed by atoms with Crippen LogP contribution in [0.2, 0.25) is 0 Å². The zero-order chi connectivity index (χ0) is 20.9. The molecule has 0 spiro atoms. The molecule has 2 saturated heterocycles. The van der Waals surface area contributed by atoms with Gasteiger partial charge in [-0.05, 0) is 19.4 Å². The van der Waals surface area contributed by atoms with Crippen molar-refractivity contribution < 1.29 is 19.2 Å². The number of thioether (sulfide) groups is 1. The Kier molecular flexibility index (Phi) is 4.70. The minimum absolute atomic E-state index is 0.186. The van der Waals surface area contributed by atoms with E-state index in [2.05, 4.69) is 15.6 Å².